The van der Waals surface area contributed by atoms with E-state index in [2.05, 4.69) is 20.3 Å². The number of anilines is 2. The fraction of sp³-hybridized carbons (Fsp3) is 0.452. The summed E-state index contributed by atoms with van der Waals surface area (Å²) in [5.74, 6) is 0.205. The Hall–Kier alpha value is -4.42. The summed E-state index contributed by atoms with van der Waals surface area (Å²) >= 11 is 0. The highest BCUT2D eigenvalue weighted by atomic mass is 19.4. The highest BCUT2D eigenvalue weighted by molar-refractivity contribution is 5.77. The van der Waals surface area contributed by atoms with Gasteiger partial charge in [-0.1, -0.05) is 32.9 Å². The Morgan fingerprint density at radius 1 is 1.02 bits per heavy atom. The lowest BCUT2D eigenvalue weighted by Gasteiger charge is -2.31. The molecule has 0 bridgehead atoms. The van der Waals surface area contributed by atoms with Crippen molar-refractivity contribution in [3.8, 4) is 5.82 Å². The summed E-state index contributed by atoms with van der Waals surface area (Å²) in [6.45, 7) is 13.1. The van der Waals surface area contributed by atoms with Gasteiger partial charge >= 0.3 is 12.3 Å². The first kappa shape index (κ1) is 31.0. The van der Waals surface area contributed by atoms with Crippen LogP contribution in [0.2, 0.25) is 0 Å². The Kier molecular flexibility index (Phi) is 7.71. The number of aromatic nitrogens is 5. The van der Waals surface area contributed by atoms with Crippen LogP contribution >= 0.6 is 0 Å². The van der Waals surface area contributed by atoms with E-state index in [1.165, 1.54) is 6.20 Å². The lowest BCUT2D eigenvalue weighted by atomic mass is 9.92. The minimum absolute atomic E-state index is 0.0174. The molecule has 1 aliphatic rings. The zero-order valence-electron chi connectivity index (χ0n) is 25.8. The van der Waals surface area contributed by atoms with E-state index in [0.717, 1.165) is 22.7 Å². The largest absolute Gasteiger partial charge is 0.444 e. The number of benzene rings is 1. The third-order valence-corrected chi connectivity index (χ3v) is 7.31. The number of alkyl halides is 3. The van der Waals surface area contributed by atoms with Gasteiger partial charge in [-0.25, -0.2) is 24.1 Å². The molecule has 13 heteroatoms. The second kappa shape index (κ2) is 10.9. The molecular formula is C31H36F3N7O3. The number of hydrogen-bond donors (Lipinski definition) is 1. The number of hydrogen-bond acceptors (Lipinski definition) is 7. The van der Waals surface area contributed by atoms with Crippen molar-refractivity contribution in [3.63, 3.8) is 0 Å². The van der Waals surface area contributed by atoms with Crippen LogP contribution < -0.4 is 10.9 Å². The van der Waals surface area contributed by atoms with Gasteiger partial charge < -0.3 is 15.0 Å². The van der Waals surface area contributed by atoms with E-state index in [1.807, 2.05) is 59.7 Å². The monoisotopic (exact) mass is 611 g/mol. The molecule has 1 unspecified atom stereocenters. The Bertz CT molecular complexity index is 1780. The van der Waals surface area contributed by atoms with Gasteiger partial charge in [0.15, 0.2) is 11.5 Å². The van der Waals surface area contributed by atoms with Crippen LogP contribution in [-0.4, -0.2) is 53.6 Å². The summed E-state index contributed by atoms with van der Waals surface area (Å²) < 4.78 is 49.3. The van der Waals surface area contributed by atoms with Crippen LogP contribution in [0.15, 0.2) is 47.4 Å². The van der Waals surface area contributed by atoms with Gasteiger partial charge in [-0.2, -0.15) is 18.2 Å². The van der Waals surface area contributed by atoms with Crippen LogP contribution in [0.5, 0.6) is 0 Å². The Morgan fingerprint density at radius 2 is 1.75 bits per heavy atom. The molecule has 0 aliphatic carbocycles. The molecule has 1 aromatic carbocycles. The number of carbonyl (C=O) groups is 1. The number of carbonyl (C=O) groups excluding carboxylic acids is 1. The molecule has 0 saturated heterocycles. The van der Waals surface area contributed by atoms with Gasteiger partial charge in [0.2, 0.25) is 5.95 Å². The van der Waals surface area contributed by atoms with Crippen molar-refractivity contribution in [3.05, 3.63) is 69.8 Å². The zero-order chi connectivity index (χ0) is 32.2. The fourth-order valence-corrected chi connectivity index (χ4v) is 4.97. The number of pyridine rings is 1. The van der Waals surface area contributed by atoms with Gasteiger partial charge in [0.1, 0.15) is 17.0 Å². The van der Waals surface area contributed by atoms with E-state index >= 15 is 0 Å². The first-order chi connectivity index (χ1) is 20.4. The van der Waals surface area contributed by atoms with Crippen molar-refractivity contribution >= 4 is 28.8 Å². The third kappa shape index (κ3) is 6.27. The summed E-state index contributed by atoms with van der Waals surface area (Å²) in [5.41, 5.74) is 1.34. The topological polar surface area (TPSA) is 107 Å². The summed E-state index contributed by atoms with van der Waals surface area (Å²) in [6, 6.07) is 8.52. The normalized spacial score (nSPS) is 14.8. The second-order valence-electron chi connectivity index (χ2n) is 13.0. The Morgan fingerprint density at radius 3 is 2.41 bits per heavy atom. The third-order valence-electron chi connectivity index (χ3n) is 7.31. The Labute approximate surface area is 252 Å². The maximum atomic E-state index is 14.0. The van der Waals surface area contributed by atoms with Crippen LogP contribution in [-0.2, 0) is 23.1 Å². The molecule has 0 saturated carbocycles. The van der Waals surface area contributed by atoms with Gasteiger partial charge in [-0.15, -0.1) is 0 Å². The molecule has 44 heavy (non-hydrogen) atoms. The van der Waals surface area contributed by atoms with Gasteiger partial charge in [-0.3, -0.25) is 4.79 Å². The maximum Gasteiger partial charge on any atom is 0.410 e. The smallest absolute Gasteiger partial charge is 0.410 e. The van der Waals surface area contributed by atoms with Crippen LogP contribution in [0.3, 0.4) is 0 Å². The van der Waals surface area contributed by atoms with Crippen molar-refractivity contribution in [1.29, 1.82) is 0 Å². The van der Waals surface area contributed by atoms with E-state index in [0.29, 0.717) is 35.6 Å². The molecule has 1 amide bonds. The fourth-order valence-electron chi connectivity index (χ4n) is 4.97. The number of nitrogens with zero attached hydrogens (tertiary/aromatic N) is 6. The van der Waals surface area contributed by atoms with Crippen molar-refractivity contribution in [1.82, 2.24) is 29.2 Å². The molecule has 0 spiro atoms. The molecule has 0 fully saturated rings. The van der Waals surface area contributed by atoms with Gasteiger partial charge in [0, 0.05) is 36.1 Å². The molecule has 1 aliphatic heterocycles. The average molecular weight is 612 g/mol. The van der Waals surface area contributed by atoms with Crippen LogP contribution in [0.4, 0.5) is 29.6 Å². The molecule has 10 nitrogen and oxygen atoms in total. The molecular weight excluding hydrogens is 575 g/mol. The quantitative estimate of drug-likeness (QED) is 0.283. The van der Waals surface area contributed by atoms with Gasteiger partial charge in [0.25, 0.3) is 5.56 Å². The summed E-state index contributed by atoms with van der Waals surface area (Å²) in [6.07, 6.45) is -3.22. The van der Waals surface area contributed by atoms with Crippen molar-refractivity contribution in [2.75, 3.05) is 11.9 Å². The molecule has 3 aromatic heterocycles. The van der Waals surface area contributed by atoms with Crippen molar-refractivity contribution in [2.24, 2.45) is 0 Å². The standard InChI is InChI=1S/C31H36F3N7O3/c1-18(31(32,33)34)40-26(42)22-16-35-27(38-25(22)41(40)24-10-8-9-23(37-24)29(2,3)4)36-21-12-11-19-13-14-39(17-20(19)15-21)28(43)44-30(5,6)7/h8-12,15-16,18H,13-14,17H2,1-7H3,(H,35,36,38). The first-order valence-electron chi connectivity index (χ1n) is 14.3. The molecule has 5 rings (SSSR count). The van der Waals surface area contributed by atoms with E-state index < -0.39 is 34.9 Å². The molecule has 4 aromatic rings. The molecule has 4 heterocycles. The van der Waals surface area contributed by atoms with Crippen LogP contribution in [0.25, 0.3) is 16.9 Å². The number of fused-ring (bicyclic) bond motifs is 2. The number of nitrogens with one attached hydrogen (secondary N) is 1. The first-order valence-corrected chi connectivity index (χ1v) is 14.3. The molecule has 0 radical (unpaired) electrons. The van der Waals surface area contributed by atoms with E-state index in [1.54, 1.807) is 23.1 Å². The number of halogens is 3. The van der Waals surface area contributed by atoms with Crippen LogP contribution in [0, 0.1) is 0 Å². The van der Waals surface area contributed by atoms with E-state index in [9.17, 15) is 22.8 Å². The highest BCUT2D eigenvalue weighted by Gasteiger charge is 2.41. The minimum atomic E-state index is -4.71. The lowest BCUT2D eigenvalue weighted by molar-refractivity contribution is -0.167. The van der Waals surface area contributed by atoms with E-state index in [-0.39, 0.29) is 22.8 Å². The van der Waals surface area contributed by atoms with Crippen LogP contribution in [0.1, 0.15) is 71.3 Å². The second-order valence-corrected chi connectivity index (χ2v) is 13.0. The maximum absolute atomic E-state index is 14.0. The minimum Gasteiger partial charge on any atom is -0.444 e. The lowest BCUT2D eigenvalue weighted by Crippen LogP contribution is -2.39. The highest BCUT2D eigenvalue weighted by Crippen LogP contribution is 2.32. The Balaban J connectivity index is 1.55. The van der Waals surface area contributed by atoms with Crippen molar-refractivity contribution < 1.29 is 22.7 Å². The number of ether oxygens (including phenoxy) is 1. The number of amides is 1. The predicted octanol–water partition coefficient (Wildman–Crippen LogP) is 6.43. The summed E-state index contributed by atoms with van der Waals surface area (Å²) in [5, 5.41) is 3.03. The molecule has 1 N–H and O–H groups in total. The van der Waals surface area contributed by atoms with Gasteiger partial charge in [-0.05, 0) is 69.5 Å². The zero-order valence-corrected chi connectivity index (χ0v) is 25.8. The molecule has 234 valence electrons. The summed E-state index contributed by atoms with van der Waals surface area (Å²) in [7, 11) is 0. The average Bonchev–Trinajstić information content (AvgIpc) is 3.21. The SMILES string of the molecule is CC(n1c(=O)c2cnc(Nc3ccc4c(c3)CN(C(=O)OC(C)(C)C)CC4)nc2n1-c1cccc(C(C)(C)C)n1)C(F)(F)F. The predicted molar refractivity (Wildman–Crippen MR) is 160 cm³/mol. The number of rotatable bonds is 4. The van der Waals surface area contributed by atoms with Crippen molar-refractivity contribution in [2.45, 2.75) is 84.7 Å². The summed E-state index contributed by atoms with van der Waals surface area (Å²) in [4.78, 5) is 41.0. The van der Waals surface area contributed by atoms with Gasteiger partial charge in [0.05, 0.1) is 0 Å². The molecule has 1 atom stereocenters. The van der Waals surface area contributed by atoms with E-state index in [4.69, 9.17) is 4.74 Å².